The Bertz CT molecular complexity index is 1030. The molecule has 1 fully saturated rings. The fourth-order valence-corrected chi connectivity index (χ4v) is 6.20. The maximum atomic E-state index is 14.6. The Balaban J connectivity index is 1.94. The lowest BCUT2D eigenvalue weighted by Gasteiger charge is -2.29. The molecular weight excluding hydrogens is 495 g/mol. The number of anilines is 2. The number of halogens is 3. The third-order valence-electron chi connectivity index (χ3n) is 5.35. The summed E-state index contributed by atoms with van der Waals surface area (Å²) >= 11 is 9.26. The Kier molecular flexibility index (Phi) is 7.42. The van der Waals surface area contributed by atoms with Crippen molar-refractivity contribution in [3.8, 4) is 0 Å². The highest BCUT2D eigenvalue weighted by molar-refractivity contribution is 9.10. The second-order valence-corrected chi connectivity index (χ2v) is 10.5. The third-order valence-corrected chi connectivity index (χ3v) is 8.40. The van der Waals surface area contributed by atoms with Crippen molar-refractivity contribution in [3.63, 3.8) is 0 Å². The minimum atomic E-state index is -4.24. The predicted octanol–water partition coefficient (Wildman–Crippen LogP) is 5.88. The number of carbonyl (C=O) groups is 1. The first-order chi connectivity index (χ1) is 14.2. The predicted molar refractivity (Wildman–Crippen MR) is 122 cm³/mol. The van der Waals surface area contributed by atoms with Crippen LogP contribution in [0.25, 0.3) is 0 Å². The van der Waals surface area contributed by atoms with Crippen LogP contribution in [0.5, 0.6) is 0 Å². The normalized spacial score (nSPS) is 16.1. The standard InChI is InChI=1S/C21H23BrClFN2O3S/c1-13-16(22)12-17(19(24)18(13)23)26-30(28,29)20(14-8-4-2-5-9-14)21(27)25-15-10-6-3-7-11-15/h3,6-7,10-12,14,20,26H,2,4-5,8-9H2,1H3,(H,25,27)/t20-/m1/s1. The number of sulfonamides is 1. The summed E-state index contributed by atoms with van der Waals surface area (Å²) in [5.74, 6) is -1.85. The van der Waals surface area contributed by atoms with Crippen molar-refractivity contribution in [2.75, 3.05) is 10.0 Å². The Hall–Kier alpha value is -1.64. The summed E-state index contributed by atoms with van der Waals surface area (Å²) in [6, 6.07) is 9.99. The summed E-state index contributed by atoms with van der Waals surface area (Å²) in [6.45, 7) is 1.62. The van der Waals surface area contributed by atoms with E-state index in [4.69, 9.17) is 11.6 Å². The van der Waals surface area contributed by atoms with E-state index >= 15 is 0 Å². The Labute approximate surface area is 189 Å². The molecule has 0 saturated heterocycles. The van der Waals surface area contributed by atoms with Crippen molar-refractivity contribution in [2.45, 2.75) is 44.3 Å². The molecule has 2 aromatic rings. The third kappa shape index (κ3) is 5.15. The van der Waals surface area contributed by atoms with Gasteiger partial charge in [-0.2, -0.15) is 0 Å². The Morgan fingerprint density at radius 1 is 1.20 bits per heavy atom. The van der Waals surface area contributed by atoms with E-state index in [9.17, 15) is 17.6 Å². The summed E-state index contributed by atoms with van der Waals surface area (Å²) < 4.78 is 44.0. The molecule has 5 nitrogen and oxygen atoms in total. The molecule has 9 heteroatoms. The van der Waals surface area contributed by atoms with Gasteiger partial charge in [-0.25, -0.2) is 12.8 Å². The van der Waals surface area contributed by atoms with E-state index in [1.54, 1.807) is 37.3 Å². The second-order valence-electron chi connectivity index (χ2n) is 7.48. The molecule has 0 aromatic heterocycles. The van der Waals surface area contributed by atoms with Crippen LogP contribution in [-0.4, -0.2) is 19.6 Å². The van der Waals surface area contributed by atoms with Crippen molar-refractivity contribution in [1.29, 1.82) is 0 Å². The number of hydrogen-bond donors (Lipinski definition) is 2. The van der Waals surface area contributed by atoms with Gasteiger partial charge >= 0.3 is 0 Å². The molecule has 1 amide bonds. The van der Waals surface area contributed by atoms with Crippen molar-refractivity contribution in [2.24, 2.45) is 5.92 Å². The zero-order chi connectivity index (χ0) is 21.9. The number of para-hydroxylation sites is 1. The van der Waals surface area contributed by atoms with Crippen LogP contribution in [0.1, 0.15) is 37.7 Å². The molecule has 0 radical (unpaired) electrons. The van der Waals surface area contributed by atoms with Crippen LogP contribution in [0.4, 0.5) is 15.8 Å². The van der Waals surface area contributed by atoms with Gasteiger partial charge in [-0.3, -0.25) is 9.52 Å². The van der Waals surface area contributed by atoms with Crippen LogP contribution in [0.2, 0.25) is 5.02 Å². The largest absolute Gasteiger partial charge is 0.325 e. The van der Waals surface area contributed by atoms with Gasteiger partial charge in [-0.1, -0.05) is 65.0 Å². The lowest BCUT2D eigenvalue weighted by Crippen LogP contribution is -2.44. The molecule has 1 atom stereocenters. The highest BCUT2D eigenvalue weighted by atomic mass is 79.9. The highest BCUT2D eigenvalue weighted by Gasteiger charge is 2.40. The number of carbonyl (C=O) groups excluding carboxylic acids is 1. The smallest absolute Gasteiger partial charge is 0.245 e. The van der Waals surface area contributed by atoms with E-state index in [0.29, 0.717) is 28.6 Å². The molecule has 1 aliphatic carbocycles. The summed E-state index contributed by atoms with van der Waals surface area (Å²) in [6.07, 6.45) is 3.95. The number of nitrogens with one attached hydrogen (secondary N) is 2. The van der Waals surface area contributed by atoms with Gasteiger partial charge in [0.05, 0.1) is 10.7 Å². The molecule has 0 spiro atoms. The van der Waals surface area contributed by atoms with Gasteiger partial charge in [-0.05, 0) is 49.4 Å². The van der Waals surface area contributed by atoms with Crippen molar-refractivity contribution < 1.29 is 17.6 Å². The van der Waals surface area contributed by atoms with Crippen LogP contribution in [0, 0.1) is 18.7 Å². The van der Waals surface area contributed by atoms with Gasteiger partial charge in [0.2, 0.25) is 15.9 Å². The maximum Gasteiger partial charge on any atom is 0.245 e. The van der Waals surface area contributed by atoms with Crippen LogP contribution >= 0.6 is 27.5 Å². The lowest BCUT2D eigenvalue weighted by molar-refractivity contribution is -0.116. The van der Waals surface area contributed by atoms with Gasteiger partial charge < -0.3 is 5.32 Å². The number of amides is 1. The molecule has 30 heavy (non-hydrogen) atoms. The van der Waals surface area contributed by atoms with Crippen molar-refractivity contribution in [3.05, 3.63) is 57.3 Å². The monoisotopic (exact) mass is 516 g/mol. The lowest BCUT2D eigenvalue weighted by atomic mass is 9.86. The number of rotatable bonds is 6. The summed E-state index contributed by atoms with van der Waals surface area (Å²) in [4.78, 5) is 13.1. The van der Waals surface area contributed by atoms with Crippen LogP contribution in [-0.2, 0) is 14.8 Å². The van der Waals surface area contributed by atoms with Crippen molar-refractivity contribution in [1.82, 2.24) is 0 Å². The fraction of sp³-hybridized carbons (Fsp3) is 0.381. The Morgan fingerprint density at radius 3 is 2.47 bits per heavy atom. The molecule has 162 valence electrons. The van der Waals surface area contributed by atoms with E-state index in [2.05, 4.69) is 26.0 Å². The van der Waals surface area contributed by atoms with Crippen LogP contribution in [0.15, 0.2) is 40.9 Å². The molecule has 0 bridgehead atoms. The first-order valence-corrected chi connectivity index (χ1v) is 12.4. The molecule has 1 saturated carbocycles. The minimum absolute atomic E-state index is 0.176. The topological polar surface area (TPSA) is 75.3 Å². The van der Waals surface area contributed by atoms with Gasteiger partial charge in [0.15, 0.2) is 11.1 Å². The molecule has 0 unspecified atom stereocenters. The van der Waals surface area contributed by atoms with Gasteiger partial charge in [0.25, 0.3) is 0 Å². The molecule has 2 N–H and O–H groups in total. The molecule has 2 aromatic carbocycles. The first kappa shape index (κ1) is 23.0. The van der Waals surface area contributed by atoms with Gasteiger partial charge in [0.1, 0.15) is 0 Å². The van der Waals surface area contributed by atoms with Gasteiger partial charge in [0, 0.05) is 10.2 Å². The van der Waals surface area contributed by atoms with Crippen LogP contribution in [0.3, 0.4) is 0 Å². The summed E-state index contributed by atoms with van der Waals surface area (Å²) in [7, 11) is -4.24. The average Bonchev–Trinajstić information content (AvgIpc) is 2.71. The van der Waals surface area contributed by atoms with Crippen molar-refractivity contribution >= 4 is 54.8 Å². The summed E-state index contributed by atoms with van der Waals surface area (Å²) in [5.41, 5.74) is 0.680. The average molecular weight is 518 g/mol. The first-order valence-electron chi connectivity index (χ1n) is 9.72. The van der Waals surface area contributed by atoms with Crippen LogP contribution < -0.4 is 10.0 Å². The highest BCUT2D eigenvalue weighted by Crippen LogP contribution is 2.35. The summed E-state index contributed by atoms with van der Waals surface area (Å²) in [5, 5.41) is 1.16. The van der Waals surface area contributed by atoms with E-state index in [-0.39, 0.29) is 16.6 Å². The quantitative estimate of drug-likeness (QED) is 0.470. The van der Waals surface area contributed by atoms with E-state index in [0.717, 1.165) is 19.3 Å². The zero-order valence-corrected chi connectivity index (χ0v) is 19.6. The Morgan fingerprint density at radius 2 is 1.83 bits per heavy atom. The molecule has 0 heterocycles. The zero-order valence-electron chi connectivity index (χ0n) is 16.4. The number of benzene rings is 2. The molecule has 0 aliphatic heterocycles. The fourth-order valence-electron chi connectivity index (χ4n) is 3.76. The molecule has 1 aliphatic rings. The van der Waals surface area contributed by atoms with Gasteiger partial charge in [-0.15, -0.1) is 0 Å². The van der Waals surface area contributed by atoms with E-state index < -0.39 is 27.0 Å². The minimum Gasteiger partial charge on any atom is -0.325 e. The molecular formula is C21H23BrClFN2O3S. The van der Waals surface area contributed by atoms with E-state index in [1.807, 2.05) is 0 Å². The van der Waals surface area contributed by atoms with E-state index in [1.165, 1.54) is 6.07 Å². The SMILES string of the molecule is Cc1c(Br)cc(NS(=O)(=O)[C@@H](C(=O)Nc2ccccc2)C2CCCCC2)c(F)c1Cl. The maximum absolute atomic E-state index is 14.6. The second kappa shape index (κ2) is 9.66. The molecule has 3 rings (SSSR count). The number of hydrogen-bond acceptors (Lipinski definition) is 3.